The van der Waals surface area contributed by atoms with E-state index in [9.17, 15) is 4.39 Å². The average Bonchev–Trinajstić information content (AvgIpc) is 1.94. The molecule has 0 heterocycles. The molecule has 0 saturated carbocycles. The van der Waals surface area contributed by atoms with Crippen molar-refractivity contribution in [3.8, 4) is 0 Å². The van der Waals surface area contributed by atoms with Gasteiger partial charge in [-0.1, -0.05) is 0 Å². The minimum absolute atomic E-state index is 0. The van der Waals surface area contributed by atoms with Crippen LogP contribution >= 0.6 is 13.6 Å². The molecule has 0 aliphatic rings. The summed E-state index contributed by atoms with van der Waals surface area (Å²) in [5.74, 6) is -0.303. The average molecular weight is 378 g/mol. The fourth-order valence-corrected chi connectivity index (χ4v) is 0.371. The Bertz CT molecular complexity index is 163. The van der Waals surface area contributed by atoms with Gasteiger partial charge in [0.1, 0.15) is 0 Å². The van der Waals surface area contributed by atoms with Gasteiger partial charge in [0.05, 0.1) is 0 Å². The van der Waals surface area contributed by atoms with Gasteiger partial charge < -0.3 is 37.2 Å². The van der Waals surface area contributed by atoms with Crippen LogP contribution in [0.1, 0.15) is 0 Å². The maximum atomic E-state index is 11.9. The van der Waals surface area contributed by atoms with Gasteiger partial charge in [0, 0.05) is 5.82 Å². The Hall–Kier alpha value is 2.49. The van der Waals surface area contributed by atoms with Crippen LogP contribution in [0.3, 0.4) is 0 Å². The molecule has 68 valence electrons. The third kappa shape index (κ3) is 24.0. The molecule has 0 amide bonds. The van der Waals surface area contributed by atoms with E-state index in [2.05, 4.69) is 19.7 Å². The first-order valence-electron chi connectivity index (χ1n) is 2.28. The van der Waals surface area contributed by atoms with Crippen molar-refractivity contribution < 1.29 is 76.8 Å². The Balaban J connectivity index is -0.0000000217. The van der Waals surface area contributed by atoms with Crippen molar-refractivity contribution in [3.05, 3.63) is 36.1 Å². The Kier molecular flexibility index (Phi) is 75.9. The van der Waals surface area contributed by atoms with Crippen molar-refractivity contribution in [1.82, 2.24) is 0 Å². The monoisotopic (exact) mass is 374 g/mol. The van der Waals surface area contributed by atoms with Gasteiger partial charge in [-0.15, -0.1) is 12.1 Å². The molecule has 0 atom stereocenters. The van der Waals surface area contributed by atoms with E-state index >= 15 is 0 Å². The Labute approximate surface area is 148 Å². The molecule has 1 rings (SSSR count). The first-order valence-corrected chi connectivity index (χ1v) is 9.23. The van der Waals surface area contributed by atoms with E-state index in [1.165, 1.54) is 28.5 Å². The summed E-state index contributed by atoms with van der Waals surface area (Å²) < 4.78 is 11.9. The summed E-state index contributed by atoms with van der Waals surface area (Å²) in [5.41, 5.74) is 0. The van der Waals surface area contributed by atoms with E-state index in [4.69, 9.17) is 0 Å². The van der Waals surface area contributed by atoms with Crippen LogP contribution in [0.2, 0.25) is 0 Å². The zero-order chi connectivity index (χ0) is 7.11. The molecule has 1 aromatic rings. The zero-order valence-corrected chi connectivity index (χ0v) is 15.8. The fourth-order valence-electron chi connectivity index (χ4n) is 0.371. The standard InChI is InChI=1S/C6H4F.BrH.3ClH.Li.Mg.Zn/c7-6-4-2-1-3-5-6;;;;;;;/h1-4H;4*1H;;;/q-1;;;;;+1;2*+2/p-4. The second-order valence-corrected chi connectivity index (χ2v) is 1.21. The minimum atomic E-state index is -0.303. The van der Waals surface area contributed by atoms with Crippen molar-refractivity contribution in [2.75, 3.05) is 0 Å². The zero-order valence-electron chi connectivity index (χ0n) is 7.61. The summed E-state index contributed by atoms with van der Waals surface area (Å²) in [5, 5.41) is 0. The van der Waals surface area contributed by atoms with Gasteiger partial charge in [0.2, 0.25) is 0 Å². The fraction of sp³-hybridized carbons (Fsp3) is 0. The van der Waals surface area contributed by atoms with Crippen LogP contribution in [0.15, 0.2) is 24.3 Å². The third-order valence-electron chi connectivity index (χ3n) is 0.671. The van der Waals surface area contributed by atoms with Crippen molar-refractivity contribution in [2.24, 2.45) is 0 Å². The predicted octanol–water partition coefficient (Wildman–Crippen LogP) is -9.90. The summed E-state index contributed by atoms with van der Waals surface area (Å²) in [4.78, 5) is 0. The van der Waals surface area contributed by atoms with Crippen LogP contribution in [0.25, 0.3) is 0 Å². The normalized spacial score (nSPS) is 4.86. The summed E-state index contributed by atoms with van der Waals surface area (Å²) in [6.45, 7) is 0. The van der Waals surface area contributed by atoms with Gasteiger partial charge in [-0.25, -0.2) is 4.39 Å². The van der Waals surface area contributed by atoms with Crippen LogP contribution < -0.4 is 56.1 Å². The van der Waals surface area contributed by atoms with E-state index in [0.717, 1.165) is 0 Å². The molecule has 0 N–H and O–H groups in total. The number of rotatable bonds is 0. The molecule has 0 unspecified atom stereocenters. The topological polar surface area (TPSA) is 0 Å². The van der Waals surface area contributed by atoms with Crippen LogP contribution in [0.5, 0.6) is 0 Å². The second-order valence-electron chi connectivity index (χ2n) is 1.21. The van der Waals surface area contributed by atoms with Gasteiger partial charge in [0.25, 0.3) is 0 Å². The molecule has 0 saturated heterocycles. The Morgan fingerprint density at radius 2 is 1.57 bits per heavy atom. The quantitative estimate of drug-likeness (QED) is 0.311. The molecule has 0 nitrogen and oxygen atoms in total. The van der Waals surface area contributed by atoms with Crippen molar-refractivity contribution in [3.63, 3.8) is 0 Å². The van der Waals surface area contributed by atoms with Gasteiger partial charge in [-0.3, -0.25) is 0 Å². The van der Waals surface area contributed by atoms with E-state index in [-0.39, 0.29) is 85.0 Å². The van der Waals surface area contributed by atoms with E-state index < -0.39 is 0 Å². The number of benzene rings is 1. The van der Waals surface area contributed by atoms with Gasteiger partial charge in [0.15, 0.2) is 0 Å². The summed E-state index contributed by atoms with van der Waals surface area (Å²) >= 11 is 4.25. The molecule has 0 fully saturated rings. The number of hydrogen-bond acceptors (Lipinski definition) is 0. The van der Waals surface area contributed by atoms with Crippen LogP contribution in [-0.4, -0.2) is 23.1 Å². The summed E-state index contributed by atoms with van der Waals surface area (Å²) in [6.07, 6.45) is 0. The predicted molar refractivity (Wildman–Crippen MR) is 39.9 cm³/mol. The molecule has 0 radical (unpaired) electrons. The molecule has 0 aromatic heterocycles. The molecule has 0 bridgehead atoms. The van der Waals surface area contributed by atoms with Gasteiger partial charge in [-0.05, 0) is 0 Å². The van der Waals surface area contributed by atoms with Crippen LogP contribution in [-0.2, 0) is 16.3 Å². The van der Waals surface area contributed by atoms with Crippen molar-refractivity contribution in [1.29, 1.82) is 0 Å². The first-order chi connectivity index (χ1) is 4.39. The third-order valence-corrected chi connectivity index (χ3v) is 0.671. The van der Waals surface area contributed by atoms with Gasteiger partial charge >= 0.3 is 71.9 Å². The number of hydrogen-bond donors (Lipinski definition) is 0. The first kappa shape index (κ1) is 36.0. The van der Waals surface area contributed by atoms with Gasteiger partial charge in [-0.2, -0.15) is 18.2 Å². The molecule has 1 aromatic carbocycles. The number of halogens is 5. The molecular formula is C6H4BrCl3FLiMgZn. The maximum absolute atomic E-state index is 11.9. The van der Waals surface area contributed by atoms with E-state index in [0.29, 0.717) is 0 Å². The molecular weight excluding hydrogens is 374 g/mol. The summed E-state index contributed by atoms with van der Waals surface area (Å²) in [6, 6.07) is 8.62. The summed E-state index contributed by atoms with van der Waals surface area (Å²) in [7, 11) is 0. The molecule has 0 aliphatic heterocycles. The Morgan fingerprint density at radius 1 is 1.14 bits per heavy atom. The van der Waals surface area contributed by atoms with Crippen LogP contribution in [0.4, 0.5) is 4.39 Å². The van der Waals surface area contributed by atoms with E-state index in [1.807, 2.05) is 0 Å². The van der Waals surface area contributed by atoms with Crippen LogP contribution in [0, 0.1) is 11.9 Å². The van der Waals surface area contributed by atoms with Crippen molar-refractivity contribution >= 4 is 36.7 Å². The molecule has 0 spiro atoms. The SMILES string of the molecule is Fc1[c-]cccc1.[Cl-].[Cl-].[Cl-].[Li+].[Mg+2].[Zn+][Br]. The molecule has 14 heavy (non-hydrogen) atoms. The molecule has 8 heteroatoms. The Morgan fingerprint density at radius 3 is 1.71 bits per heavy atom. The van der Waals surface area contributed by atoms with Crippen molar-refractivity contribution in [2.45, 2.75) is 0 Å². The van der Waals surface area contributed by atoms with E-state index in [1.54, 1.807) is 12.1 Å². The molecule has 0 aliphatic carbocycles. The second kappa shape index (κ2) is 29.6.